The predicted molar refractivity (Wildman–Crippen MR) is 67.5 cm³/mol. The van der Waals surface area contributed by atoms with E-state index in [0.717, 1.165) is 18.6 Å². The van der Waals surface area contributed by atoms with Crippen molar-refractivity contribution in [2.75, 3.05) is 5.75 Å². The summed E-state index contributed by atoms with van der Waals surface area (Å²) in [7, 11) is -3.31. The molecule has 0 saturated carbocycles. The molecule has 0 spiro atoms. The fraction of sp³-hybridized carbons (Fsp3) is 0.538. The van der Waals surface area contributed by atoms with E-state index in [9.17, 15) is 22.3 Å². The summed E-state index contributed by atoms with van der Waals surface area (Å²) in [6, 6.07) is 3.07. The molecule has 1 aliphatic heterocycles. The summed E-state index contributed by atoms with van der Waals surface area (Å²) in [5.41, 5.74) is 0.134. The topological polar surface area (TPSA) is 54.4 Å². The van der Waals surface area contributed by atoms with Crippen LogP contribution in [0.15, 0.2) is 18.2 Å². The molecule has 0 aliphatic carbocycles. The van der Waals surface area contributed by atoms with Gasteiger partial charge in [0, 0.05) is 12.5 Å². The van der Waals surface area contributed by atoms with Gasteiger partial charge < -0.3 is 5.11 Å². The lowest BCUT2D eigenvalue weighted by Gasteiger charge is -2.26. The van der Waals surface area contributed by atoms with E-state index in [0.29, 0.717) is 12.8 Å². The molecule has 0 amide bonds. The number of hydrogen-bond donors (Lipinski definition) is 1. The van der Waals surface area contributed by atoms with E-state index in [4.69, 9.17) is 0 Å². The van der Waals surface area contributed by atoms with E-state index in [1.807, 2.05) is 0 Å². The molecular formula is C13H16F2O3S. The summed E-state index contributed by atoms with van der Waals surface area (Å²) < 4.78 is 49.9. The Kier molecular flexibility index (Phi) is 4.20. The van der Waals surface area contributed by atoms with Crippen molar-refractivity contribution in [1.82, 2.24) is 0 Å². The summed E-state index contributed by atoms with van der Waals surface area (Å²) in [4.78, 5) is 0. The van der Waals surface area contributed by atoms with Crippen molar-refractivity contribution in [2.24, 2.45) is 0 Å². The Morgan fingerprint density at radius 1 is 1.32 bits per heavy atom. The molecule has 2 unspecified atom stereocenters. The highest BCUT2D eigenvalue weighted by Gasteiger charge is 2.34. The highest BCUT2D eigenvalue weighted by atomic mass is 32.2. The lowest BCUT2D eigenvalue weighted by atomic mass is 10.0. The van der Waals surface area contributed by atoms with Crippen molar-refractivity contribution in [3.05, 3.63) is 35.4 Å². The predicted octanol–water partition coefficient (Wildman–Crippen LogP) is 1.84. The van der Waals surface area contributed by atoms with Crippen molar-refractivity contribution < 1.29 is 22.3 Å². The third kappa shape index (κ3) is 3.30. The Morgan fingerprint density at radius 2 is 2.05 bits per heavy atom. The fourth-order valence-corrected chi connectivity index (χ4v) is 4.47. The van der Waals surface area contributed by atoms with E-state index in [1.165, 1.54) is 6.07 Å². The summed E-state index contributed by atoms with van der Waals surface area (Å²) in [5, 5.41) is 9.18. The van der Waals surface area contributed by atoms with Gasteiger partial charge in [-0.3, -0.25) is 0 Å². The molecule has 0 bridgehead atoms. The molecule has 2 atom stereocenters. The van der Waals surface area contributed by atoms with Crippen LogP contribution in [-0.2, 0) is 16.3 Å². The summed E-state index contributed by atoms with van der Waals surface area (Å²) >= 11 is 0. The first-order valence-electron chi connectivity index (χ1n) is 6.24. The van der Waals surface area contributed by atoms with Crippen LogP contribution in [0.2, 0.25) is 0 Å². The molecule has 1 aliphatic rings. The van der Waals surface area contributed by atoms with Crippen LogP contribution in [0.5, 0.6) is 0 Å². The molecule has 1 fully saturated rings. The third-order valence-corrected chi connectivity index (χ3v) is 5.83. The Hall–Kier alpha value is -1.01. The average molecular weight is 290 g/mol. The monoisotopic (exact) mass is 290 g/mol. The highest BCUT2D eigenvalue weighted by Crippen LogP contribution is 2.24. The Balaban J connectivity index is 2.14. The van der Waals surface area contributed by atoms with E-state index in [1.54, 1.807) is 0 Å². The molecule has 1 N–H and O–H groups in total. The van der Waals surface area contributed by atoms with Crippen molar-refractivity contribution in [3.63, 3.8) is 0 Å². The summed E-state index contributed by atoms with van der Waals surface area (Å²) in [6.07, 6.45) is 0.483. The molecule has 6 heteroatoms. The van der Waals surface area contributed by atoms with Crippen LogP contribution in [-0.4, -0.2) is 30.6 Å². The highest BCUT2D eigenvalue weighted by molar-refractivity contribution is 7.92. The van der Waals surface area contributed by atoms with Gasteiger partial charge in [-0.15, -0.1) is 0 Å². The van der Waals surface area contributed by atoms with Gasteiger partial charge >= 0.3 is 0 Å². The van der Waals surface area contributed by atoms with Crippen molar-refractivity contribution in [1.29, 1.82) is 0 Å². The Morgan fingerprint density at radius 3 is 2.68 bits per heavy atom. The van der Waals surface area contributed by atoms with Crippen molar-refractivity contribution in [2.45, 2.75) is 37.0 Å². The lowest BCUT2D eigenvalue weighted by Crippen LogP contribution is -2.39. The Labute approximate surface area is 111 Å². The minimum absolute atomic E-state index is 0.0701. The maximum atomic E-state index is 13.5. The first-order chi connectivity index (χ1) is 8.90. The van der Waals surface area contributed by atoms with Crippen molar-refractivity contribution in [3.8, 4) is 0 Å². The number of halogens is 2. The maximum Gasteiger partial charge on any atom is 0.155 e. The fourth-order valence-electron chi connectivity index (χ4n) is 2.46. The van der Waals surface area contributed by atoms with Gasteiger partial charge in [-0.1, -0.05) is 12.5 Å². The van der Waals surface area contributed by atoms with Crippen molar-refractivity contribution >= 4 is 9.84 Å². The van der Waals surface area contributed by atoms with Gasteiger partial charge in [0.1, 0.15) is 11.6 Å². The second-order valence-electron chi connectivity index (χ2n) is 4.91. The minimum atomic E-state index is -3.31. The van der Waals surface area contributed by atoms with Crippen LogP contribution >= 0.6 is 0 Å². The van der Waals surface area contributed by atoms with Gasteiger partial charge in [-0.05, 0) is 24.5 Å². The zero-order chi connectivity index (χ0) is 14.0. The smallest absolute Gasteiger partial charge is 0.155 e. The number of sulfone groups is 1. The zero-order valence-corrected chi connectivity index (χ0v) is 11.2. The average Bonchev–Trinajstić information content (AvgIpc) is 2.32. The standard InChI is InChI=1S/C13H16F2O3S/c14-10-5-4-9(11(15)8-10)7-12(16)13-3-1-2-6-19(13,17)18/h4-5,8,12-13,16H,1-3,6-7H2. The molecule has 1 aromatic carbocycles. The number of aliphatic hydroxyl groups is 1. The molecule has 3 nitrogen and oxygen atoms in total. The lowest BCUT2D eigenvalue weighted by molar-refractivity contribution is 0.160. The van der Waals surface area contributed by atoms with Crippen LogP contribution in [0, 0.1) is 11.6 Å². The van der Waals surface area contributed by atoms with Crippen LogP contribution < -0.4 is 0 Å². The number of hydrogen-bond acceptors (Lipinski definition) is 3. The minimum Gasteiger partial charge on any atom is -0.391 e. The molecule has 1 saturated heterocycles. The zero-order valence-electron chi connectivity index (χ0n) is 10.4. The normalized spacial score (nSPS) is 24.1. The quantitative estimate of drug-likeness (QED) is 0.924. The van der Waals surface area contributed by atoms with Crippen LogP contribution in [0.4, 0.5) is 8.78 Å². The Bertz CT molecular complexity index is 557. The van der Waals surface area contributed by atoms with E-state index in [2.05, 4.69) is 0 Å². The van der Waals surface area contributed by atoms with Gasteiger partial charge in [-0.2, -0.15) is 0 Å². The SMILES string of the molecule is O=S1(=O)CCCCC1C(O)Cc1ccc(F)cc1F. The van der Waals surface area contributed by atoms with Crippen LogP contribution in [0.3, 0.4) is 0 Å². The second-order valence-corrected chi connectivity index (χ2v) is 7.25. The van der Waals surface area contributed by atoms with Gasteiger partial charge in [0.2, 0.25) is 0 Å². The summed E-state index contributed by atoms with van der Waals surface area (Å²) in [5.74, 6) is -1.38. The summed E-state index contributed by atoms with van der Waals surface area (Å²) in [6.45, 7) is 0. The van der Waals surface area contributed by atoms with Gasteiger partial charge in [0.25, 0.3) is 0 Å². The van der Waals surface area contributed by atoms with Gasteiger partial charge in [0.05, 0.1) is 17.1 Å². The van der Waals surface area contributed by atoms with Gasteiger partial charge in [-0.25, -0.2) is 17.2 Å². The third-order valence-electron chi connectivity index (χ3n) is 3.50. The molecule has 1 heterocycles. The molecule has 19 heavy (non-hydrogen) atoms. The molecule has 1 aromatic rings. The molecule has 0 radical (unpaired) electrons. The first kappa shape index (κ1) is 14.4. The number of aliphatic hydroxyl groups excluding tert-OH is 1. The molecule has 106 valence electrons. The second kappa shape index (κ2) is 5.54. The van der Waals surface area contributed by atoms with Gasteiger partial charge in [0.15, 0.2) is 9.84 Å². The largest absolute Gasteiger partial charge is 0.391 e. The maximum absolute atomic E-state index is 13.5. The van der Waals surface area contributed by atoms with E-state index >= 15 is 0 Å². The number of rotatable bonds is 3. The molecular weight excluding hydrogens is 274 g/mol. The van der Waals surface area contributed by atoms with Crippen LogP contribution in [0.1, 0.15) is 24.8 Å². The first-order valence-corrected chi connectivity index (χ1v) is 7.95. The van der Waals surface area contributed by atoms with E-state index < -0.39 is 32.8 Å². The van der Waals surface area contributed by atoms with Crippen LogP contribution in [0.25, 0.3) is 0 Å². The molecule has 0 aromatic heterocycles. The number of benzene rings is 1. The van der Waals surface area contributed by atoms with E-state index in [-0.39, 0.29) is 17.7 Å². The molecule has 2 rings (SSSR count).